The summed E-state index contributed by atoms with van der Waals surface area (Å²) in [7, 11) is 0. The van der Waals surface area contributed by atoms with E-state index in [1.165, 1.54) is 0 Å². The Bertz CT molecular complexity index is 551. The Labute approximate surface area is 124 Å². The number of hydrogen-bond donors (Lipinski definition) is 3. The molecule has 0 heterocycles. The van der Waals surface area contributed by atoms with E-state index < -0.39 is 5.41 Å². The summed E-state index contributed by atoms with van der Waals surface area (Å²) >= 11 is 0. The maximum Gasteiger partial charge on any atom is 0.238 e. The molecule has 1 aromatic rings. The summed E-state index contributed by atoms with van der Waals surface area (Å²) in [6.07, 6.45) is 1.17. The van der Waals surface area contributed by atoms with Crippen molar-refractivity contribution in [1.29, 1.82) is 0 Å². The summed E-state index contributed by atoms with van der Waals surface area (Å²) in [5, 5.41) is 14.8. The van der Waals surface area contributed by atoms with Gasteiger partial charge in [-0.1, -0.05) is 18.1 Å². The number of anilines is 1. The summed E-state index contributed by atoms with van der Waals surface area (Å²) in [4.78, 5) is 12.5. The zero-order chi connectivity index (χ0) is 15.5. The first-order valence-corrected chi connectivity index (χ1v) is 7.04. The summed E-state index contributed by atoms with van der Waals surface area (Å²) in [5.74, 6) is 0.796. The van der Waals surface area contributed by atoms with Crippen LogP contribution in [-0.4, -0.2) is 23.6 Å². The molecule has 4 N–H and O–H groups in total. The van der Waals surface area contributed by atoms with Crippen LogP contribution in [0.1, 0.15) is 26.7 Å². The highest BCUT2D eigenvalue weighted by molar-refractivity contribution is 6.12. The number of carbonyl (C=O) groups is 1. The molecule has 0 spiro atoms. The van der Waals surface area contributed by atoms with Gasteiger partial charge in [-0.25, -0.2) is 0 Å². The minimum Gasteiger partial charge on any atom is -0.494 e. The molecule has 0 radical (unpaired) electrons. The zero-order valence-corrected chi connectivity index (χ0v) is 12.3. The van der Waals surface area contributed by atoms with Crippen LogP contribution in [0.3, 0.4) is 0 Å². The average Bonchev–Trinajstić information content (AvgIpc) is 2.43. The van der Waals surface area contributed by atoms with Crippen LogP contribution in [0.5, 0.6) is 5.75 Å². The fourth-order valence-electron chi connectivity index (χ4n) is 2.82. The second kappa shape index (κ2) is 6.03. The van der Waals surface area contributed by atoms with Gasteiger partial charge in [0.25, 0.3) is 0 Å². The van der Waals surface area contributed by atoms with Crippen LogP contribution in [0.25, 0.3) is 0 Å². The van der Waals surface area contributed by atoms with E-state index in [9.17, 15) is 4.79 Å². The van der Waals surface area contributed by atoms with Crippen LogP contribution in [0.4, 0.5) is 5.69 Å². The highest BCUT2D eigenvalue weighted by Gasteiger charge is 2.52. The van der Waals surface area contributed by atoms with Crippen molar-refractivity contribution in [1.82, 2.24) is 0 Å². The van der Waals surface area contributed by atoms with Crippen molar-refractivity contribution in [3.63, 3.8) is 0 Å². The molecule has 1 fully saturated rings. The maximum atomic E-state index is 12.5. The van der Waals surface area contributed by atoms with Gasteiger partial charge < -0.3 is 21.0 Å². The van der Waals surface area contributed by atoms with Gasteiger partial charge >= 0.3 is 0 Å². The lowest BCUT2D eigenvalue weighted by Crippen LogP contribution is -2.54. The van der Waals surface area contributed by atoms with Gasteiger partial charge in [0.2, 0.25) is 5.91 Å². The molecule has 0 unspecified atom stereocenters. The van der Waals surface area contributed by atoms with Crippen molar-refractivity contribution in [2.75, 3.05) is 11.9 Å². The lowest BCUT2D eigenvalue weighted by atomic mass is 9.61. The zero-order valence-electron chi connectivity index (χ0n) is 12.3. The maximum absolute atomic E-state index is 12.5. The SMILES string of the molecule is CCOc1cccc(NC(=O)C2(/C(N)=N/O)CC(C)C2)c1. The number of ether oxygens (including phenoxy) is 1. The standard InChI is InChI=1S/C15H21N3O3/c1-3-21-12-6-4-5-11(7-12)17-14(19)15(13(16)18-20)8-10(2)9-15/h4-7,10,20H,3,8-9H2,1-2H3,(H2,16,18)(H,17,19). The number of carbonyl (C=O) groups excluding carboxylic acids is 1. The Morgan fingerprint density at radius 3 is 2.86 bits per heavy atom. The molecule has 6 nitrogen and oxygen atoms in total. The van der Waals surface area contributed by atoms with Crippen LogP contribution in [0, 0.1) is 11.3 Å². The number of nitrogens with zero attached hydrogens (tertiary/aromatic N) is 1. The quantitative estimate of drug-likeness (QED) is 0.335. The molecule has 114 valence electrons. The minimum absolute atomic E-state index is 0.0286. The van der Waals surface area contributed by atoms with Crippen molar-refractivity contribution in [2.24, 2.45) is 22.2 Å². The first kappa shape index (κ1) is 15.2. The van der Waals surface area contributed by atoms with Crippen molar-refractivity contribution in [3.05, 3.63) is 24.3 Å². The van der Waals surface area contributed by atoms with Gasteiger partial charge in [-0.15, -0.1) is 0 Å². The lowest BCUT2D eigenvalue weighted by Gasteiger charge is -2.43. The van der Waals surface area contributed by atoms with Gasteiger partial charge in [-0.2, -0.15) is 0 Å². The van der Waals surface area contributed by atoms with E-state index in [-0.39, 0.29) is 11.7 Å². The van der Waals surface area contributed by atoms with E-state index in [1.54, 1.807) is 18.2 Å². The number of amidine groups is 1. The summed E-state index contributed by atoms with van der Waals surface area (Å²) in [6.45, 7) is 4.49. The number of rotatable bonds is 5. The predicted molar refractivity (Wildman–Crippen MR) is 80.5 cm³/mol. The highest BCUT2D eigenvalue weighted by atomic mass is 16.5. The molecule has 0 bridgehead atoms. The van der Waals surface area contributed by atoms with Crippen LogP contribution >= 0.6 is 0 Å². The van der Waals surface area contributed by atoms with Gasteiger partial charge in [-0.3, -0.25) is 4.79 Å². The van der Waals surface area contributed by atoms with Crippen molar-refractivity contribution in [2.45, 2.75) is 26.7 Å². The number of benzene rings is 1. The lowest BCUT2D eigenvalue weighted by molar-refractivity contribution is -0.127. The molecule has 0 atom stereocenters. The molecule has 1 aliphatic rings. The van der Waals surface area contributed by atoms with Gasteiger partial charge in [-0.05, 0) is 37.8 Å². The molecule has 1 aliphatic carbocycles. The number of amides is 1. The molecule has 0 saturated heterocycles. The fourth-order valence-corrected chi connectivity index (χ4v) is 2.82. The largest absolute Gasteiger partial charge is 0.494 e. The van der Waals surface area contributed by atoms with Crippen LogP contribution < -0.4 is 15.8 Å². The van der Waals surface area contributed by atoms with Crippen LogP contribution in [-0.2, 0) is 4.79 Å². The molecule has 6 heteroatoms. The third-order valence-electron chi connectivity index (χ3n) is 3.83. The normalized spacial score (nSPS) is 25.0. The van der Waals surface area contributed by atoms with E-state index >= 15 is 0 Å². The molecule has 2 rings (SSSR count). The Hall–Kier alpha value is -2.24. The molecule has 0 aromatic heterocycles. The summed E-state index contributed by atoms with van der Waals surface area (Å²) in [5.41, 5.74) is 5.45. The first-order chi connectivity index (χ1) is 10.0. The monoisotopic (exact) mass is 291 g/mol. The van der Waals surface area contributed by atoms with Gasteiger partial charge in [0.05, 0.1) is 6.61 Å². The smallest absolute Gasteiger partial charge is 0.238 e. The Morgan fingerprint density at radius 1 is 1.57 bits per heavy atom. The van der Waals surface area contributed by atoms with Gasteiger partial charge in [0.15, 0.2) is 5.84 Å². The topological polar surface area (TPSA) is 96.9 Å². The summed E-state index contributed by atoms with van der Waals surface area (Å²) in [6, 6.07) is 7.16. The van der Waals surface area contributed by atoms with E-state index in [1.807, 2.05) is 19.9 Å². The van der Waals surface area contributed by atoms with Crippen molar-refractivity contribution in [3.8, 4) is 5.75 Å². The van der Waals surface area contributed by atoms with E-state index in [2.05, 4.69) is 10.5 Å². The molecule has 1 saturated carbocycles. The molecule has 21 heavy (non-hydrogen) atoms. The van der Waals surface area contributed by atoms with E-state index in [0.29, 0.717) is 36.8 Å². The molecular formula is C15H21N3O3. The van der Waals surface area contributed by atoms with Crippen molar-refractivity contribution >= 4 is 17.4 Å². The fraction of sp³-hybridized carbons (Fsp3) is 0.467. The molecule has 1 amide bonds. The summed E-state index contributed by atoms with van der Waals surface area (Å²) < 4.78 is 5.40. The Morgan fingerprint density at radius 2 is 2.29 bits per heavy atom. The number of hydrogen-bond acceptors (Lipinski definition) is 4. The van der Waals surface area contributed by atoms with Gasteiger partial charge in [0, 0.05) is 11.8 Å². The second-order valence-corrected chi connectivity index (χ2v) is 5.50. The third kappa shape index (κ3) is 2.94. The van der Waals surface area contributed by atoms with Gasteiger partial charge in [0.1, 0.15) is 11.2 Å². The van der Waals surface area contributed by atoms with Crippen molar-refractivity contribution < 1.29 is 14.7 Å². The van der Waals surface area contributed by atoms with E-state index in [4.69, 9.17) is 15.7 Å². The molecular weight excluding hydrogens is 270 g/mol. The molecule has 1 aromatic carbocycles. The van der Waals surface area contributed by atoms with Crippen LogP contribution in [0.15, 0.2) is 29.4 Å². The predicted octanol–water partition coefficient (Wildman–Crippen LogP) is 2.19. The van der Waals surface area contributed by atoms with E-state index in [0.717, 1.165) is 0 Å². The average molecular weight is 291 g/mol. The minimum atomic E-state index is -0.907. The number of nitrogens with one attached hydrogen (secondary N) is 1. The Balaban J connectivity index is 2.15. The van der Waals surface area contributed by atoms with Crippen LogP contribution in [0.2, 0.25) is 0 Å². The Kier molecular flexibility index (Phi) is 4.35. The second-order valence-electron chi connectivity index (χ2n) is 5.50. The number of nitrogens with two attached hydrogens (primary N) is 1. The third-order valence-corrected chi connectivity index (χ3v) is 3.83. The molecule has 0 aliphatic heterocycles. The number of oxime groups is 1. The first-order valence-electron chi connectivity index (χ1n) is 7.04. The highest BCUT2D eigenvalue weighted by Crippen LogP contribution is 2.46.